The first kappa shape index (κ1) is 18.1. The minimum absolute atomic E-state index is 0.192. The highest BCUT2D eigenvalue weighted by Crippen LogP contribution is 2.21. The highest BCUT2D eigenvalue weighted by atomic mass is 32.2. The SMILES string of the molecule is CSc1ncc(C(=O)NCCc2nccn2C(F)F)n1-c1ccccc1. The number of carbonyl (C=O) groups excluding carboxylic acids is 1. The Balaban J connectivity index is 1.73. The molecule has 0 spiro atoms. The van der Waals surface area contributed by atoms with Gasteiger partial charge >= 0.3 is 6.55 Å². The molecule has 0 aliphatic rings. The summed E-state index contributed by atoms with van der Waals surface area (Å²) in [6.07, 6.45) is 6.13. The molecule has 0 unspecified atom stereocenters. The molecule has 2 heterocycles. The molecule has 3 rings (SSSR count). The Morgan fingerprint density at radius 2 is 2.04 bits per heavy atom. The van der Waals surface area contributed by atoms with Gasteiger partial charge in [0.2, 0.25) is 0 Å². The Hall–Kier alpha value is -2.68. The number of imidazole rings is 2. The predicted molar refractivity (Wildman–Crippen MR) is 94.9 cm³/mol. The zero-order valence-corrected chi connectivity index (χ0v) is 14.8. The van der Waals surface area contributed by atoms with Gasteiger partial charge in [0.1, 0.15) is 11.5 Å². The zero-order valence-electron chi connectivity index (χ0n) is 14.0. The summed E-state index contributed by atoms with van der Waals surface area (Å²) < 4.78 is 28.2. The van der Waals surface area contributed by atoms with Crippen LogP contribution < -0.4 is 5.32 Å². The van der Waals surface area contributed by atoms with Crippen LogP contribution in [0, 0.1) is 0 Å². The number of hydrogen-bond donors (Lipinski definition) is 1. The van der Waals surface area contributed by atoms with Gasteiger partial charge in [0, 0.05) is 31.0 Å². The lowest BCUT2D eigenvalue weighted by molar-refractivity contribution is 0.0670. The third-order valence-corrected chi connectivity index (χ3v) is 4.41. The van der Waals surface area contributed by atoms with Crippen LogP contribution in [0.5, 0.6) is 0 Å². The van der Waals surface area contributed by atoms with Crippen LogP contribution in [-0.4, -0.2) is 37.8 Å². The van der Waals surface area contributed by atoms with Gasteiger partial charge in [-0.25, -0.2) is 9.97 Å². The maximum absolute atomic E-state index is 12.8. The van der Waals surface area contributed by atoms with Crippen molar-refractivity contribution < 1.29 is 13.6 Å². The summed E-state index contributed by atoms with van der Waals surface area (Å²) in [6, 6.07) is 9.43. The van der Waals surface area contributed by atoms with E-state index in [1.165, 1.54) is 30.4 Å². The Morgan fingerprint density at radius 3 is 2.73 bits per heavy atom. The molecule has 0 saturated heterocycles. The van der Waals surface area contributed by atoms with E-state index < -0.39 is 6.55 Å². The minimum atomic E-state index is -2.65. The highest BCUT2D eigenvalue weighted by Gasteiger charge is 2.18. The van der Waals surface area contributed by atoms with Crippen LogP contribution in [-0.2, 0) is 6.42 Å². The molecule has 2 aromatic heterocycles. The van der Waals surface area contributed by atoms with Crippen LogP contribution in [0.1, 0.15) is 22.9 Å². The maximum Gasteiger partial charge on any atom is 0.319 e. The Morgan fingerprint density at radius 1 is 1.27 bits per heavy atom. The summed E-state index contributed by atoms with van der Waals surface area (Å²) >= 11 is 1.43. The molecule has 9 heteroatoms. The van der Waals surface area contributed by atoms with Crippen molar-refractivity contribution in [1.82, 2.24) is 24.4 Å². The Kier molecular flexibility index (Phi) is 5.67. The van der Waals surface area contributed by atoms with E-state index in [1.54, 1.807) is 4.57 Å². The van der Waals surface area contributed by atoms with Gasteiger partial charge in [-0.05, 0) is 18.4 Å². The van der Waals surface area contributed by atoms with Gasteiger partial charge in [-0.2, -0.15) is 8.78 Å². The lowest BCUT2D eigenvalue weighted by Gasteiger charge is -2.11. The monoisotopic (exact) mass is 377 g/mol. The number of thioether (sulfide) groups is 1. The second-order valence-electron chi connectivity index (χ2n) is 5.34. The predicted octanol–water partition coefficient (Wildman–Crippen LogP) is 3.16. The number of halogens is 2. The fraction of sp³-hybridized carbons (Fsp3) is 0.235. The van der Waals surface area contributed by atoms with Crippen molar-refractivity contribution in [2.75, 3.05) is 12.8 Å². The van der Waals surface area contributed by atoms with Crippen LogP contribution in [0.2, 0.25) is 0 Å². The van der Waals surface area contributed by atoms with Gasteiger partial charge in [0.25, 0.3) is 5.91 Å². The molecule has 3 aromatic rings. The van der Waals surface area contributed by atoms with E-state index in [9.17, 15) is 13.6 Å². The lowest BCUT2D eigenvalue weighted by Crippen LogP contribution is -2.28. The molecular formula is C17H17F2N5OS. The normalized spacial score (nSPS) is 11.1. The van der Waals surface area contributed by atoms with Crippen LogP contribution in [0.3, 0.4) is 0 Å². The molecule has 1 aromatic carbocycles. The largest absolute Gasteiger partial charge is 0.350 e. The summed E-state index contributed by atoms with van der Waals surface area (Å²) in [5.74, 6) is -0.0986. The summed E-state index contributed by atoms with van der Waals surface area (Å²) in [4.78, 5) is 20.7. The Labute approximate surface area is 153 Å². The van der Waals surface area contributed by atoms with E-state index in [0.717, 1.165) is 10.3 Å². The summed E-state index contributed by atoms with van der Waals surface area (Å²) in [6.45, 7) is -2.45. The van der Waals surface area contributed by atoms with Crippen molar-refractivity contribution in [2.24, 2.45) is 0 Å². The number of nitrogens with one attached hydrogen (secondary N) is 1. The van der Waals surface area contributed by atoms with Crippen LogP contribution in [0.15, 0.2) is 54.1 Å². The quantitative estimate of drug-likeness (QED) is 0.643. The minimum Gasteiger partial charge on any atom is -0.350 e. The standard InChI is InChI=1S/C17H17F2N5OS/c1-26-17-22-11-13(24(17)12-5-3-2-4-6-12)15(25)21-8-7-14-20-9-10-23(14)16(18)19/h2-6,9-11,16H,7-8H2,1H3,(H,21,25). The molecule has 1 amide bonds. The smallest absolute Gasteiger partial charge is 0.319 e. The number of alkyl halides is 2. The van der Waals surface area contributed by atoms with E-state index in [1.807, 2.05) is 36.6 Å². The molecule has 0 aliphatic heterocycles. The number of aromatic nitrogens is 4. The molecule has 1 N–H and O–H groups in total. The number of nitrogens with zero attached hydrogens (tertiary/aromatic N) is 4. The number of amides is 1. The molecule has 26 heavy (non-hydrogen) atoms. The molecule has 0 radical (unpaired) electrons. The Bertz CT molecular complexity index is 878. The second-order valence-corrected chi connectivity index (χ2v) is 6.11. The van der Waals surface area contributed by atoms with E-state index in [-0.39, 0.29) is 24.7 Å². The van der Waals surface area contributed by atoms with Crippen LogP contribution >= 0.6 is 11.8 Å². The van der Waals surface area contributed by atoms with Gasteiger partial charge in [0.15, 0.2) is 5.16 Å². The van der Waals surface area contributed by atoms with Gasteiger partial charge < -0.3 is 5.32 Å². The third kappa shape index (κ3) is 3.77. The van der Waals surface area contributed by atoms with Crippen LogP contribution in [0.4, 0.5) is 8.78 Å². The fourth-order valence-electron chi connectivity index (χ4n) is 2.56. The first-order chi connectivity index (χ1) is 12.6. The van der Waals surface area contributed by atoms with Crippen molar-refractivity contribution >= 4 is 17.7 Å². The summed E-state index contributed by atoms with van der Waals surface area (Å²) in [7, 11) is 0. The number of carbonyl (C=O) groups is 1. The lowest BCUT2D eigenvalue weighted by atomic mass is 10.3. The molecule has 0 saturated carbocycles. The van der Waals surface area contributed by atoms with Crippen molar-refractivity contribution in [3.63, 3.8) is 0 Å². The van der Waals surface area contributed by atoms with E-state index in [0.29, 0.717) is 10.9 Å². The molecule has 0 aliphatic carbocycles. The number of rotatable bonds is 7. The zero-order chi connectivity index (χ0) is 18.5. The average molecular weight is 377 g/mol. The average Bonchev–Trinajstić information content (AvgIpc) is 3.29. The second kappa shape index (κ2) is 8.13. The van der Waals surface area contributed by atoms with Crippen molar-refractivity contribution in [1.29, 1.82) is 0 Å². The van der Waals surface area contributed by atoms with Crippen molar-refractivity contribution in [3.05, 3.63) is 60.4 Å². The molecule has 6 nitrogen and oxygen atoms in total. The van der Waals surface area contributed by atoms with Crippen molar-refractivity contribution in [2.45, 2.75) is 18.1 Å². The van der Waals surface area contributed by atoms with Gasteiger partial charge in [-0.1, -0.05) is 30.0 Å². The van der Waals surface area contributed by atoms with E-state index in [2.05, 4.69) is 15.3 Å². The van der Waals surface area contributed by atoms with Gasteiger partial charge in [-0.15, -0.1) is 0 Å². The van der Waals surface area contributed by atoms with E-state index in [4.69, 9.17) is 0 Å². The van der Waals surface area contributed by atoms with E-state index >= 15 is 0 Å². The molecular weight excluding hydrogens is 360 g/mol. The first-order valence-electron chi connectivity index (χ1n) is 7.87. The molecule has 0 bridgehead atoms. The highest BCUT2D eigenvalue weighted by molar-refractivity contribution is 7.98. The maximum atomic E-state index is 12.8. The fourth-order valence-corrected chi connectivity index (χ4v) is 3.10. The first-order valence-corrected chi connectivity index (χ1v) is 9.09. The van der Waals surface area contributed by atoms with Crippen molar-refractivity contribution in [3.8, 4) is 5.69 Å². The molecule has 136 valence electrons. The summed E-state index contributed by atoms with van der Waals surface area (Å²) in [5.41, 5.74) is 1.21. The third-order valence-electron chi connectivity index (χ3n) is 3.75. The van der Waals surface area contributed by atoms with Gasteiger partial charge in [0.05, 0.1) is 6.20 Å². The number of hydrogen-bond acceptors (Lipinski definition) is 4. The number of para-hydroxylation sites is 1. The summed E-state index contributed by atoms with van der Waals surface area (Å²) in [5, 5.41) is 3.43. The molecule has 0 fully saturated rings. The molecule has 0 atom stereocenters. The number of benzene rings is 1. The van der Waals surface area contributed by atoms with Gasteiger partial charge in [-0.3, -0.25) is 13.9 Å². The topological polar surface area (TPSA) is 64.7 Å². The van der Waals surface area contributed by atoms with Crippen LogP contribution in [0.25, 0.3) is 5.69 Å².